The van der Waals surface area contributed by atoms with Crippen molar-refractivity contribution in [2.45, 2.75) is 12.8 Å². The Kier molecular flexibility index (Phi) is 4.75. The van der Waals surface area contributed by atoms with Crippen molar-refractivity contribution in [1.82, 2.24) is 15.2 Å². The average Bonchev–Trinajstić information content (AvgIpc) is 2.47. The van der Waals surface area contributed by atoms with Crippen LogP contribution in [0.5, 0.6) is 0 Å². The number of urea groups is 1. The first-order chi connectivity index (χ1) is 10.1. The molecule has 8 heteroatoms. The van der Waals surface area contributed by atoms with Crippen LogP contribution in [-0.4, -0.2) is 32.3 Å². The fourth-order valence-electron chi connectivity index (χ4n) is 1.57. The number of carbonyl (C=O) groups is 2. The maximum atomic E-state index is 11.7. The Labute approximate surface area is 120 Å². The fraction of sp³-hybridized carbons (Fsp3) is 0.154. The van der Waals surface area contributed by atoms with Gasteiger partial charge in [0.05, 0.1) is 12.4 Å². The highest BCUT2D eigenvalue weighted by atomic mass is 16.4. The van der Waals surface area contributed by atoms with Crippen molar-refractivity contribution >= 4 is 23.6 Å². The minimum Gasteiger partial charge on any atom is -0.481 e. The summed E-state index contributed by atoms with van der Waals surface area (Å²) in [5.74, 6) is -0.735. The second-order valence-electron chi connectivity index (χ2n) is 4.14. The monoisotopic (exact) mass is 287 g/mol. The first-order valence-electron chi connectivity index (χ1n) is 6.16. The third-order valence-corrected chi connectivity index (χ3v) is 2.55. The minimum absolute atomic E-state index is 0.0750. The van der Waals surface area contributed by atoms with Crippen LogP contribution in [0.2, 0.25) is 0 Å². The molecule has 8 nitrogen and oxygen atoms in total. The number of aryl methyl sites for hydroxylation is 1. The number of nitrogens with zero attached hydrogens (tertiary/aromatic N) is 3. The summed E-state index contributed by atoms with van der Waals surface area (Å²) in [6, 6.07) is 6.43. The highest BCUT2D eigenvalue weighted by molar-refractivity contribution is 5.98. The van der Waals surface area contributed by atoms with Crippen LogP contribution in [0, 0.1) is 0 Å². The summed E-state index contributed by atoms with van der Waals surface area (Å²) in [5, 5.41) is 20.9. The summed E-state index contributed by atoms with van der Waals surface area (Å²) in [4.78, 5) is 26.0. The summed E-state index contributed by atoms with van der Waals surface area (Å²) < 4.78 is 0. The molecule has 0 fully saturated rings. The van der Waals surface area contributed by atoms with Gasteiger partial charge in [0.15, 0.2) is 0 Å². The van der Waals surface area contributed by atoms with E-state index in [1.165, 1.54) is 12.4 Å². The quantitative estimate of drug-likeness (QED) is 0.767. The van der Waals surface area contributed by atoms with Crippen molar-refractivity contribution in [3.63, 3.8) is 0 Å². The zero-order chi connectivity index (χ0) is 15.1. The van der Waals surface area contributed by atoms with Gasteiger partial charge in [-0.15, -0.1) is 5.10 Å². The summed E-state index contributed by atoms with van der Waals surface area (Å²) in [5.41, 5.74) is 1.47. The number of carbonyl (C=O) groups excluding carboxylic acids is 1. The Morgan fingerprint density at radius 2 is 1.86 bits per heavy atom. The molecule has 0 bridgehead atoms. The van der Waals surface area contributed by atoms with Crippen molar-refractivity contribution in [3.05, 3.63) is 42.2 Å². The standard InChI is InChI=1S/C13H13N5O3/c19-11(20)6-3-9-1-4-10(5-2-9)16-13(21)17-12-14-7-8-15-18-12/h1-2,4-5,7-8H,3,6H2,(H,19,20)(H2,14,16,17,18,21). The lowest BCUT2D eigenvalue weighted by molar-refractivity contribution is -0.136. The number of aromatic nitrogens is 3. The molecule has 0 spiro atoms. The number of carboxylic acids is 1. The number of hydrogen-bond acceptors (Lipinski definition) is 5. The van der Waals surface area contributed by atoms with Gasteiger partial charge in [-0.2, -0.15) is 5.10 Å². The summed E-state index contributed by atoms with van der Waals surface area (Å²) >= 11 is 0. The van der Waals surface area contributed by atoms with Gasteiger partial charge in [0.1, 0.15) is 0 Å². The molecule has 0 aliphatic rings. The number of aliphatic carboxylic acids is 1. The number of benzene rings is 1. The predicted octanol–water partition coefficient (Wildman–Crippen LogP) is 1.53. The third-order valence-electron chi connectivity index (χ3n) is 2.55. The summed E-state index contributed by atoms with van der Waals surface area (Å²) in [6.07, 6.45) is 3.34. The lowest BCUT2D eigenvalue weighted by atomic mass is 10.1. The van der Waals surface area contributed by atoms with Crippen molar-refractivity contribution in [1.29, 1.82) is 0 Å². The first kappa shape index (κ1) is 14.4. The Bertz CT molecular complexity index is 615. The van der Waals surface area contributed by atoms with E-state index in [-0.39, 0.29) is 12.4 Å². The minimum atomic E-state index is -0.840. The second kappa shape index (κ2) is 6.94. The largest absolute Gasteiger partial charge is 0.481 e. The van der Waals surface area contributed by atoms with E-state index in [0.717, 1.165) is 5.56 Å². The van der Waals surface area contributed by atoms with E-state index >= 15 is 0 Å². The first-order valence-corrected chi connectivity index (χ1v) is 6.16. The maximum absolute atomic E-state index is 11.7. The number of carboxylic acid groups (broad SMARTS) is 1. The fourth-order valence-corrected chi connectivity index (χ4v) is 1.57. The summed E-state index contributed by atoms with van der Waals surface area (Å²) in [7, 11) is 0. The second-order valence-corrected chi connectivity index (χ2v) is 4.14. The summed E-state index contributed by atoms with van der Waals surface area (Å²) in [6.45, 7) is 0. The molecule has 0 aliphatic carbocycles. The van der Waals surface area contributed by atoms with Gasteiger partial charge in [0.2, 0.25) is 0 Å². The molecule has 1 aromatic heterocycles. The van der Waals surface area contributed by atoms with E-state index in [1.54, 1.807) is 24.3 Å². The molecule has 1 heterocycles. The van der Waals surface area contributed by atoms with Crippen LogP contribution in [0.4, 0.5) is 16.4 Å². The third kappa shape index (κ3) is 4.86. The Morgan fingerprint density at radius 1 is 1.10 bits per heavy atom. The number of rotatable bonds is 5. The van der Waals surface area contributed by atoms with Crippen molar-refractivity contribution < 1.29 is 14.7 Å². The Morgan fingerprint density at radius 3 is 2.48 bits per heavy atom. The molecule has 1 aromatic carbocycles. The van der Waals surface area contributed by atoms with Crippen molar-refractivity contribution in [3.8, 4) is 0 Å². The lowest BCUT2D eigenvalue weighted by Gasteiger charge is -2.06. The molecular weight excluding hydrogens is 274 g/mol. The van der Waals surface area contributed by atoms with Crippen molar-refractivity contribution in [2.24, 2.45) is 0 Å². The average molecular weight is 287 g/mol. The molecule has 0 radical (unpaired) electrons. The van der Waals surface area contributed by atoms with Gasteiger partial charge in [-0.3, -0.25) is 10.1 Å². The molecule has 0 atom stereocenters. The van der Waals surface area contributed by atoms with E-state index in [0.29, 0.717) is 12.1 Å². The Balaban J connectivity index is 1.88. The van der Waals surface area contributed by atoms with Gasteiger partial charge in [0, 0.05) is 12.1 Å². The van der Waals surface area contributed by atoms with Gasteiger partial charge in [-0.05, 0) is 24.1 Å². The van der Waals surface area contributed by atoms with Crippen LogP contribution in [-0.2, 0) is 11.2 Å². The van der Waals surface area contributed by atoms with Gasteiger partial charge < -0.3 is 10.4 Å². The normalized spacial score (nSPS) is 9.90. The highest BCUT2D eigenvalue weighted by Gasteiger charge is 2.05. The molecule has 2 amide bonds. The molecule has 3 N–H and O–H groups in total. The molecule has 21 heavy (non-hydrogen) atoms. The predicted molar refractivity (Wildman–Crippen MR) is 74.9 cm³/mol. The molecule has 0 saturated heterocycles. The lowest BCUT2D eigenvalue weighted by Crippen LogP contribution is -2.21. The SMILES string of the molecule is O=C(O)CCc1ccc(NC(=O)Nc2nccnn2)cc1. The molecule has 108 valence electrons. The van der Waals surface area contributed by atoms with Gasteiger partial charge in [-0.1, -0.05) is 12.1 Å². The molecule has 2 rings (SSSR count). The van der Waals surface area contributed by atoms with Crippen LogP contribution in [0.25, 0.3) is 0 Å². The Hall–Kier alpha value is -3.03. The van der Waals surface area contributed by atoms with Gasteiger partial charge in [0.25, 0.3) is 5.95 Å². The van der Waals surface area contributed by atoms with E-state index < -0.39 is 12.0 Å². The van der Waals surface area contributed by atoms with E-state index in [2.05, 4.69) is 25.8 Å². The number of hydrogen-bond donors (Lipinski definition) is 3. The van der Waals surface area contributed by atoms with Gasteiger partial charge >= 0.3 is 12.0 Å². The van der Waals surface area contributed by atoms with Crippen LogP contribution in [0.1, 0.15) is 12.0 Å². The zero-order valence-electron chi connectivity index (χ0n) is 11.0. The zero-order valence-corrected chi connectivity index (χ0v) is 11.0. The van der Waals surface area contributed by atoms with E-state index in [9.17, 15) is 9.59 Å². The van der Waals surface area contributed by atoms with Gasteiger partial charge in [-0.25, -0.2) is 9.78 Å². The maximum Gasteiger partial charge on any atom is 0.326 e. The van der Waals surface area contributed by atoms with Crippen molar-refractivity contribution in [2.75, 3.05) is 10.6 Å². The number of nitrogens with one attached hydrogen (secondary N) is 2. The number of anilines is 2. The molecule has 0 unspecified atom stereocenters. The number of amides is 2. The van der Waals surface area contributed by atoms with Crippen LogP contribution >= 0.6 is 0 Å². The topological polar surface area (TPSA) is 117 Å². The molecule has 0 saturated carbocycles. The van der Waals surface area contributed by atoms with Crippen LogP contribution < -0.4 is 10.6 Å². The molecular formula is C13H13N5O3. The molecule has 0 aliphatic heterocycles. The van der Waals surface area contributed by atoms with E-state index in [4.69, 9.17) is 5.11 Å². The highest BCUT2D eigenvalue weighted by Crippen LogP contribution is 2.11. The van der Waals surface area contributed by atoms with E-state index in [1.807, 2.05) is 0 Å². The van der Waals surface area contributed by atoms with Crippen LogP contribution in [0.3, 0.4) is 0 Å². The smallest absolute Gasteiger partial charge is 0.326 e. The molecule has 2 aromatic rings. The van der Waals surface area contributed by atoms with Crippen LogP contribution in [0.15, 0.2) is 36.7 Å².